The topological polar surface area (TPSA) is 29.5 Å². The van der Waals surface area contributed by atoms with E-state index in [1.165, 1.54) is 16.3 Å². The second kappa shape index (κ2) is 12.6. The van der Waals surface area contributed by atoms with Crippen LogP contribution in [0.2, 0.25) is 0 Å². The van der Waals surface area contributed by atoms with Gasteiger partial charge >= 0.3 is 0 Å². The fourth-order valence-corrected chi connectivity index (χ4v) is 8.21. The second-order valence-corrected chi connectivity index (χ2v) is 14.1. The van der Waals surface area contributed by atoms with Crippen LogP contribution in [0, 0.1) is 0 Å². The van der Waals surface area contributed by atoms with Gasteiger partial charge in [0.1, 0.15) is 16.7 Å². The zero-order valence-electron chi connectivity index (χ0n) is 29.8. The van der Waals surface area contributed by atoms with E-state index in [1.54, 1.807) is 0 Å². The van der Waals surface area contributed by atoms with Crippen molar-refractivity contribution in [3.8, 4) is 33.4 Å². The van der Waals surface area contributed by atoms with Gasteiger partial charge in [-0.25, -0.2) is 0 Å². The number of anilines is 3. The minimum Gasteiger partial charge on any atom is -0.455 e. The first-order valence-corrected chi connectivity index (χ1v) is 18.7. The van der Waals surface area contributed by atoms with E-state index in [4.69, 9.17) is 8.83 Å². The average Bonchev–Trinajstić information content (AvgIpc) is 3.84. The van der Waals surface area contributed by atoms with Gasteiger partial charge in [0.2, 0.25) is 0 Å². The van der Waals surface area contributed by atoms with Crippen molar-refractivity contribution in [2.75, 3.05) is 4.90 Å². The standard InChI is InChI=1S/C52H33NO2/c1-2-12-36(13-3-1)42-31-32-47(52-50(42)46-16-7-9-20-49(46)55-52)53(40-27-23-35(24-28-40)39-22-21-34-11-4-5-14-38(34)33-39)41-29-25-37(26-30-41)43-17-10-18-45-44-15-6-8-19-48(44)54-51(43)45/h1-33H. The van der Waals surface area contributed by atoms with E-state index in [9.17, 15) is 0 Å². The zero-order valence-corrected chi connectivity index (χ0v) is 29.8. The Morgan fingerprint density at radius 1 is 0.327 bits per heavy atom. The number of furan rings is 2. The van der Waals surface area contributed by atoms with Crippen LogP contribution in [0.4, 0.5) is 17.1 Å². The molecule has 2 aromatic heterocycles. The molecule has 0 amide bonds. The maximum Gasteiger partial charge on any atom is 0.160 e. The maximum atomic E-state index is 6.82. The molecular formula is C52H33NO2. The lowest BCUT2D eigenvalue weighted by Crippen LogP contribution is -2.10. The molecule has 3 nitrogen and oxygen atoms in total. The van der Waals surface area contributed by atoms with Crippen LogP contribution in [0.25, 0.3) is 88.0 Å². The van der Waals surface area contributed by atoms with E-state index in [2.05, 4.69) is 187 Å². The molecule has 3 heteroatoms. The Balaban J connectivity index is 1.08. The third-order valence-corrected chi connectivity index (χ3v) is 10.9. The van der Waals surface area contributed by atoms with Crippen molar-refractivity contribution in [2.24, 2.45) is 0 Å². The normalized spacial score (nSPS) is 11.6. The highest BCUT2D eigenvalue weighted by Crippen LogP contribution is 2.46. The van der Waals surface area contributed by atoms with Gasteiger partial charge in [0.25, 0.3) is 0 Å². The molecule has 0 unspecified atom stereocenters. The summed E-state index contributed by atoms with van der Waals surface area (Å²) in [5, 5.41) is 6.92. The van der Waals surface area contributed by atoms with Crippen molar-refractivity contribution in [2.45, 2.75) is 0 Å². The van der Waals surface area contributed by atoms with Crippen LogP contribution >= 0.6 is 0 Å². The van der Waals surface area contributed by atoms with Crippen LogP contribution in [0.5, 0.6) is 0 Å². The monoisotopic (exact) mass is 703 g/mol. The van der Waals surface area contributed by atoms with E-state index in [1.807, 2.05) is 18.2 Å². The van der Waals surface area contributed by atoms with Crippen molar-refractivity contribution in [1.82, 2.24) is 0 Å². The minimum atomic E-state index is 0.845. The zero-order chi connectivity index (χ0) is 36.3. The highest BCUT2D eigenvalue weighted by molar-refractivity contribution is 6.17. The van der Waals surface area contributed by atoms with Gasteiger partial charge in [-0.2, -0.15) is 0 Å². The largest absolute Gasteiger partial charge is 0.455 e. The Labute approximate surface area is 317 Å². The lowest BCUT2D eigenvalue weighted by Gasteiger charge is -2.26. The summed E-state index contributed by atoms with van der Waals surface area (Å²) in [5.74, 6) is 0. The Morgan fingerprint density at radius 2 is 0.909 bits per heavy atom. The molecular weight excluding hydrogens is 671 g/mol. The molecule has 11 aromatic rings. The SMILES string of the molecule is c1ccc(-c2ccc(N(c3ccc(-c4ccc5ccccc5c4)cc3)c3ccc(-c4cccc5c4oc4ccccc45)cc3)c3oc4ccccc4c23)cc1. The molecule has 0 aliphatic rings. The average molecular weight is 704 g/mol. The first-order valence-electron chi connectivity index (χ1n) is 18.7. The number of para-hydroxylation sites is 3. The third-order valence-electron chi connectivity index (χ3n) is 10.9. The van der Waals surface area contributed by atoms with Gasteiger partial charge in [-0.3, -0.25) is 0 Å². The van der Waals surface area contributed by atoms with E-state index in [0.29, 0.717) is 0 Å². The smallest absolute Gasteiger partial charge is 0.160 e. The number of nitrogens with zero attached hydrogens (tertiary/aromatic N) is 1. The second-order valence-electron chi connectivity index (χ2n) is 14.1. The number of hydrogen-bond donors (Lipinski definition) is 0. The molecule has 0 bridgehead atoms. The van der Waals surface area contributed by atoms with Crippen molar-refractivity contribution in [1.29, 1.82) is 0 Å². The van der Waals surface area contributed by atoms with Gasteiger partial charge < -0.3 is 13.7 Å². The molecule has 0 radical (unpaired) electrons. The predicted molar refractivity (Wildman–Crippen MR) is 229 cm³/mol. The Bertz CT molecular complexity index is 3190. The van der Waals surface area contributed by atoms with Gasteiger partial charge in [-0.05, 0) is 87.1 Å². The van der Waals surface area contributed by atoms with E-state index in [0.717, 1.165) is 88.8 Å². The van der Waals surface area contributed by atoms with Crippen molar-refractivity contribution in [3.63, 3.8) is 0 Å². The Morgan fingerprint density at radius 3 is 1.69 bits per heavy atom. The van der Waals surface area contributed by atoms with E-state index < -0.39 is 0 Å². The Kier molecular flexibility index (Phi) is 7.17. The molecule has 55 heavy (non-hydrogen) atoms. The van der Waals surface area contributed by atoms with E-state index >= 15 is 0 Å². The molecule has 0 fully saturated rings. The molecule has 11 rings (SSSR count). The van der Waals surface area contributed by atoms with Crippen LogP contribution < -0.4 is 4.90 Å². The van der Waals surface area contributed by atoms with Gasteiger partial charge in [0.15, 0.2) is 5.58 Å². The number of benzene rings is 9. The van der Waals surface area contributed by atoms with Gasteiger partial charge in [0.05, 0.1) is 5.69 Å². The van der Waals surface area contributed by atoms with Crippen LogP contribution in [-0.2, 0) is 0 Å². The maximum absolute atomic E-state index is 6.82. The molecule has 0 N–H and O–H groups in total. The molecule has 0 saturated carbocycles. The fourth-order valence-electron chi connectivity index (χ4n) is 8.21. The van der Waals surface area contributed by atoms with Crippen LogP contribution in [0.15, 0.2) is 209 Å². The molecule has 0 aliphatic heterocycles. The minimum absolute atomic E-state index is 0.845. The first kappa shape index (κ1) is 31.2. The molecule has 9 aromatic carbocycles. The summed E-state index contributed by atoms with van der Waals surface area (Å²) in [7, 11) is 0. The summed E-state index contributed by atoms with van der Waals surface area (Å²) >= 11 is 0. The molecule has 258 valence electrons. The van der Waals surface area contributed by atoms with Crippen molar-refractivity contribution < 1.29 is 8.83 Å². The lowest BCUT2D eigenvalue weighted by molar-refractivity contribution is 0.669. The summed E-state index contributed by atoms with van der Waals surface area (Å²) in [6.45, 7) is 0. The van der Waals surface area contributed by atoms with Crippen molar-refractivity contribution >= 4 is 71.7 Å². The van der Waals surface area contributed by atoms with Gasteiger partial charge in [0, 0.05) is 38.5 Å². The van der Waals surface area contributed by atoms with Gasteiger partial charge in [-0.1, -0.05) is 152 Å². The summed E-state index contributed by atoms with van der Waals surface area (Å²) < 4.78 is 13.2. The van der Waals surface area contributed by atoms with E-state index in [-0.39, 0.29) is 0 Å². The van der Waals surface area contributed by atoms with Crippen LogP contribution in [-0.4, -0.2) is 0 Å². The highest BCUT2D eigenvalue weighted by Gasteiger charge is 2.23. The highest BCUT2D eigenvalue weighted by atomic mass is 16.3. The fraction of sp³-hybridized carbons (Fsp3) is 0. The summed E-state index contributed by atoms with van der Waals surface area (Å²) in [6.07, 6.45) is 0. The summed E-state index contributed by atoms with van der Waals surface area (Å²) in [6, 6.07) is 70.8. The number of rotatable bonds is 6. The quantitative estimate of drug-likeness (QED) is 0.173. The molecule has 0 aliphatic carbocycles. The molecule has 0 atom stereocenters. The Hall–Kier alpha value is -7.36. The molecule has 2 heterocycles. The van der Waals surface area contributed by atoms with Crippen LogP contribution in [0.3, 0.4) is 0 Å². The van der Waals surface area contributed by atoms with Gasteiger partial charge in [-0.15, -0.1) is 0 Å². The number of fused-ring (bicyclic) bond motifs is 7. The number of hydrogen-bond acceptors (Lipinski definition) is 3. The molecule has 0 spiro atoms. The molecule has 0 saturated heterocycles. The third kappa shape index (κ3) is 5.20. The summed E-state index contributed by atoms with van der Waals surface area (Å²) in [4.78, 5) is 2.31. The van der Waals surface area contributed by atoms with Crippen molar-refractivity contribution in [3.05, 3.63) is 200 Å². The first-order chi connectivity index (χ1) is 27.3. The predicted octanol–water partition coefficient (Wildman–Crippen LogP) is 15.1. The summed E-state index contributed by atoms with van der Waals surface area (Å²) in [5.41, 5.74) is 13.3. The van der Waals surface area contributed by atoms with Crippen LogP contribution in [0.1, 0.15) is 0 Å². The lowest BCUT2D eigenvalue weighted by atomic mass is 9.97.